The van der Waals surface area contributed by atoms with Gasteiger partial charge < -0.3 is 10.1 Å². The molecule has 2 rings (SSSR count). The van der Waals surface area contributed by atoms with Crippen LogP contribution in [0.5, 0.6) is 0 Å². The number of ketones is 1. The van der Waals surface area contributed by atoms with E-state index in [-0.39, 0.29) is 11.7 Å². The van der Waals surface area contributed by atoms with Crippen LogP contribution in [0.2, 0.25) is 10.0 Å². The van der Waals surface area contributed by atoms with Gasteiger partial charge in [0.2, 0.25) is 0 Å². The molecule has 0 amide bonds. The molecule has 1 fully saturated rings. The van der Waals surface area contributed by atoms with Crippen molar-refractivity contribution in [1.82, 2.24) is 5.32 Å². The molecule has 1 aliphatic heterocycles. The maximum Gasteiger partial charge on any atom is 0.138 e. The average molecular weight is 346 g/mol. The Kier molecular flexibility index (Phi) is 9.03. The third-order valence-electron chi connectivity index (χ3n) is 3.67. The minimum absolute atomic E-state index is 0.128. The first-order valence-corrected chi connectivity index (χ1v) is 8.60. The van der Waals surface area contributed by atoms with Crippen molar-refractivity contribution in [3.8, 4) is 0 Å². The molecular formula is C17H25Cl2NO2. The second-order valence-corrected chi connectivity index (χ2v) is 5.95. The quantitative estimate of drug-likeness (QED) is 0.855. The van der Waals surface area contributed by atoms with Gasteiger partial charge in [-0.25, -0.2) is 0 Å². The Bertz CT molecular complexity index is 474. The number of rotatable bonds is 5. The second kappa shape index (κ2) is 10.2. The maximum absolute atomic E-state index is 11.9. The Balaban J connectivity index is 0.00000116. The Morgan fingerprint density at radius 3 is 2.45 bits per heavy atom. The summed E-state index contributed by atoms with van der Waals surface area (Å²) in [5.74, 6) is -0.0597. The summed E-state index contributed by atoms with van der Waals surface area (Å²) >= 11 is 11.9. The zero-order valence-electron chi connectivity index (χ0n) is 13.5. The minimum atomic E-state index is -0.187. The lowest BCUT2D eigenvalue weighted by atomic mass is 9.94. The minimum Gasteiger partial charge on any atom is -0.381 e. The predicted octanol–water partition coefficient (Wildman–Crippen LogP) is 4.46. The summed E-state index contributed by atoms with van der Waals surface area (Å²) < 4.78 is 5.33. The molecule has 22 heavy (non-hydrogen) atoms. The van der Waals surface area contributed by atoms with Crippen LogP contribution in [0, 0.1) is 0 Å². The third kappa shape index (κ3) is 5.88. The van der Waals surface area contributed by atoms with E-state index in [0.29, 0.717) is 22.6 Å². The van der Waals surface area contributed by atoms with Crippen LogP contribution < -0.4 is 5.32 Å². The largest absolute Gasteiger partial charge is 0.381 e. The van der Waals surface area contributed by atoms with Gasteiger partial charge in [-0.15, -0.1) is 0 Å². The van der Waals surface area contributed by atoms with Gasteiger partial charge in [0.05, 0.1) is 16.0 Å². The average Bonchev–Trinajstić information content (AvgIpc) is 2.53. The van der Waals surface area contributed by atoms with E-state index in [2.05, 4.69) is 5.32 Å². The van der Waals surface area contributed by atoms with E-state index in [0.717, 1.165) is 31.6 Å². The Labute approximate surface area is 143 Å². The molecule has 0 bridgehead atoms. The number of hydrogen-bond donors (Lipinski definition) is 1. The summed E-state index contributed by atoms with van der Waals surface area (Å²) in [5, 5.41) is 4.46. The highest BCUT2D eigenvalue weighted by molar-refractivity contribution is 6.42. The van der Waals surface area contributed by atoms with Gasteiger partial charge in [0.15, 0.2) is 0 Å². The molecule has 0 aliphatic carbocycles. The van der Waals surface area contributed by atoms with Crippen molar-refractivity contribution in [2.45, 2.75) is 45.6 Å². The molecule has 1 heterocycles. The third-order valence-corrected chi connectivity index (χ3v) is 4.41. The summed E-state index contributed by atoms with van der Waals surface area (Å²) in [6.07, 6.45) is 1.98. The molecule has 1 unspecified atom stereocenters. The first-order valence-electron chi connectivity index (χ1n) is 7.84. The van der Waals surface area contributed by atoms with E-state index in [1.54, 1.807) is 19.1 Å². The van der Waals surface area contributed by atoms with Gasteiger partial charge >= 0.3 is 0 Å². The number of carbonyl (C=O) groups is 1. The zero-order valence-corrected chi connectivity index (χ0v) is 15.0. The van der Waals surface area contributed by atoms with Crippen molar-refractivity contribution in [3.63, 3.8) is 0 Å². The topological polar surface area (TPSA) is 38.3 Å². The smallest absolute Gasteiger partial charge is 0.138 e. The fourth-order valence-corrected chi connectivity index (χ4v) is 2.72. The normalized spacial score (nSPS) is 16.6. The number of Topliss-reactive ketones (excluding diaryl/α,β-unsaturated/α-hetero) is 1. The number of carbonyl (C=O) groups excluding carboxylic acids is 1. The van der Waals surface area contributed by atoms with E-state index >= 15 is 0 Å². The number of ether oxygens (including phenoxy) is 1. The van der Waals surface area contributed by atoms with Crippen LogP contribution in [0.15, 0.2) is 18.2 Å². The molecule has 1 aliphatic rings. The van der Waals surface area contributed by atoms with Crippen LogP contribution in [0.3, 0.4) is 0 Å². The summed E-state index contributed by atoms with van der Waals surface area (Å²) in [6, 6.07) is 5.81. The zero-order chi connectivity index (χ0) is 16.5. The van der Waals surface area contributed by atoms with E-state index in [9.17, 15) is 4.79 Å². The van der Waals surface area contributed by atoms with Gasteiger partial charge in [-0.05, 0) is 37.5 Å². The van der Waals surface area contributed by atoms with Crippen LogP contribution >= 0.6 is 23.2 Å². The maximum atomic E-state index is 11.9. The van der Waals surface area contributed by atoms with Crippen molar-refractivity contribution in [3.05, 3.63) is 33.8 Å². The number of nitrogens with one attached hydrogen (secondary N) is 1. The lowest BCUT2D eigenvalue weighted by Gasteiger charge is -2.25. The monoisotopic (exact) mass is 345 g/mol. The SMILES string of the molecule is CC.CC(=O)C(CNC1CCOCC1)c1ccc(Cl)c(Cl)c1. The lowest BCUT2D eigenvalue weighted by Crippen LogP contribution is -2.38. The number of benzene rings is 1. The van der Waals surface area contributed by atoms with Crippen LogP contribution in [0.4, 0.5) is 0 Å². The first-order chi connectivity index (χ1) is 10.6. The highest BCUT2D eigenvalue weighted by atomic mass is 35.5. The van der Waals surface area contributed by atoms with Crippen molar-refractivity contribution < 1.29 is 9.53 Å². The molecule has 1 saturated heterocycles. The van der Waals surface area contributed by atoms with Crippen molar-refractivity contribution >= 4 is 29.0 Å². The van der Waals surface area contributed by atoms with Crippen LogP contribution in [-0.4, -0.2) is 31.6 Å². The van der Waals surface area contributed by atoms with Crippen molar-refractivity contribution in [2.24, 2.45) is 0 Å². The molecule has 124 valence electrons. The number of hydrogen-bond acceptors (Lipinski definition) is 3. The van der Waals surface area contributed by atoms with Crippen LogP contribution in [-0.2, 0) is 9.53 Å². The van der Waals surface area contributed by atoms with Gasteiger partial charge in [0.1, 0.15) is 5.78 Å². The Morgan fingerprint density at radius 2 is 1.91 bits per heavy atom. The van der Waals surface area contributed by atoms with Crippen molar-refractivity contribution in [2.75, 3.05) is 19.8 Å². The van der Waals surface area contributed by atoms with E-state index in [4.69, 9.17) is 27.9 Å². The molecule has 0 spiro atoms. The van der Waals surface area contributed by atoms with Gasteiger partial charge in [-0.2, -0.15) is 0 Å². The van der Waals surface area contributed by atoms with Gasteiger partial charge in [0.25, 0.3) is 0 Å². The molecule has 0 radical (unpaired) electrons. The second-order valence-electron chi connectivity index (χ2n) is 5.13. The molecule has 1 N–H and O–H groups in total. The fourth-order valence-electron chi connectivity index (χ4n) is 2.41. The molecule has 1 aromatic rings. The van der Waals surface area contributed by atoms with E-state index in [1.165, 1.54) is 0 Å². The van der Waals surface area contributed by atoms with Gasteiger partial charge in [-0.1, -0.05) is 43.1 Å². The van der Waals surface area contributed by atoms with E-state index < -0.39 is 0 Å². The van der Waals surface area contributed by atoms with Gasteiger partial charge in [-0.3, -0.25) is 4.79 Å². The summed E-state index contributed by atoms with van der Waals surface area (Å²) in [7, 11) is 0. The lowest BCUT2D eigenvalue weighted by molar-refractivity contribution is -0.118. The summed E-state index contributed by atoms with van der Waals surface area (Å²) in [4.78, 5) is 11.9. The molecular weight excluding hydrogens is 321 g/mol. The standard InChI is InChI=1S/C15H19Cl2NO2.C2H6/c1-10(19)13(9-18-12-4-6-20-7-5-12)11-2-3-14(16)15(17)8-11;1-2/h2-3,8,12-13,18H,4-7,9H2,1H3;1-2H3. The van der Waals surface area contributed by atoms with E-state index in [1.807, 2.05) is 19.9 Å². The highest BCUT2D eigenvalue weighted by Gasteiger charge is 2.20. The molecule has 1 atom stereocenters. The van der Waals surface area contributed by atoms with Crippen molar-refractivity contribution in [1.29, 1.82) is 0 Å². The molecule has 1 aromatic carbocycles. The summed E-state index contributed by atoms with van der Waals surface area (Å²) in [5.41, 5.74) is 0.909. The van der Waals surface area contributed by atoms with Crippen LogP contribution in [0.1, 0.15) is 45.1 Å². The highest BCUT2D eigenvalue weighted by Crippen LogP contribution is 2.27. The molecule has 5 heteroatoms. The first kappa shape index (κ1) is 19.4. The fraction of sp³-hybridized carbons (Fsp3) is 0.588. The van der Waals surface area contributed by atoms with Crippen LogP contribution in [0.25, 0.3) is 0 Å². The summed E-state index contributed by atoms with van der Waals surface area (Å²) in [6.45, 7) is 7.81. The Morgan fingerprint density at radius 1 is 1.27 bits per heavy atom. The van der Waals surface area contributed by atoms with Gasteiger partial charge in [0, 0.05) is 25.8 Å². The molecule has 3 nitrogen and oxygen atoms in total. The molecule has 0 aromatic heterocycles. The predicted molar refractivity (Wildman–Crippen MR) is 93.1 cm³/mol. The number of halogens is 2. The Hall–Kier alpha value is -0.610. The molecule has 0 saturated carbocycles.